The van der Waals surface area contributed by atoms with E-state index in [1.165, 1.54) is 12.1 Å². The van der Waals surface area contributed by atoms with Crippen LogP contribution in [0.3, 0.4) is 0 Å². The summed E-state index contributed by atoms with van der Waals surface area (Å²) >= 11 is 5.76. The summed E-state index contributed by atoms with van der Waals surface area (Å²) in [6.45, 7) is -0.737. The molecule has 1 rings (SSSR count). The van der Waals surface area contributed by atoms with Crippen molar-refractivity contribution in [3.63, 3.8) is 0 Å². The van der Waals surface area contributed by atoms with Gasteiger partial charge in [0.1, 0.15) is 12.7 Å². The average molecular weight is 232 g/mol. The maximum absolute atomic E-state index is 10.5. The minimum absolute atomic E-state index is 0.241. The Balaban J connectivity index is 2.97. The van der Waals surface area contributed by atoms with Gasteiger partial charge in [-0.2, -0.15) is 0 Å². The third-order valence-electron chi connectivity index (χ3n) is 2.05. The van der Waals surface area contributed by atoms with Crippen molar-refractivity contribution in [2.24, 2.45) is 0 Å². The average Bonchev–Trinajstić information content (AvgIpc) is 2.18. The van der Waals surface area contributed by atoms with Gasteiger partial charge in [0.25, 0.3) is 6.04 Å². The maximum atomic E-state index is 10.5. The molecule has 0 radical (unpaired) electrons. The van der Waals surface area contributed by atoms with E-state index in [0.717, 1.165) is 0 Å². The molecule has 1 aromatic carbocycles. The van der Waals surface area contributed by atoms with Gasteiger partial charge in [0.05, 0.1) is 0 Å². The second-order valence-corrected chi connectivity index (χ2v) is 3.41. The Hall–Kier alpha value is -1.17. The summed E-state index contributed by atoms with van der Waals surface area (Å²) < 4.78 is 0. The van der Waals surface area contributed by atoms with Crippen LogP contribution < -0.4 is 0 Å². The second-order valence-electron chi connectivity index (χ2n) is 3.00. The molecule has 0 aliphatic heterocycles. The molecule has 15 heavy (non-hydrogen) atoms. The molecule has 0 heterocycles. The van der Waals surface area contributed by atoms with Crippen molar-refractivity contribution >= 4 is 11.6 Å². The van der Waals surface area contributed by atoms with Crippen LogP contribution in [0.15, 0.2) is 24.3 Å². The number of rotatable bonds is 4. The molecule has 0 unspecified atom stereocenters. The summed E-state index contributed by atoms with van der Waals surface area (Å²) in [5, 5.41) is 29.2. The van der Waals surface area contributed by atoms with Crippen LogP contribution in [0, 0.1) is 10.1 Å². The van der Waals surface area contributed by atoms with Gasteiger partial charge in [-0.3, -0.25) is 10.1 Å². The molecule has 0 amide bonds. The molecule has 5 nitrogen and oxygen atoms in total. The molecule has 0 bridgehead atoms. The zero-order chi connectivity index (χ0) is 11.4. The summed E-state index contributed by atoms with van der Waals surface area (Å²) in [5.41, 5.74) is 0.245. The predicted molar refractivity (Wildman–Crippen MR) is 54.3 cm³/mol. The number of nitro groups is 1. The molecule has 0 aliphatic carbocycles. The highest BCUT2D eigenvalue weighted by Crippen LogP contribution is 2.25. The van der Waals surface area contributed by atoms with Crippen LogP contribution in [0.5, 0.6) is 0 Å². The van der Waals surface area contributed by atoms with Crippen LogP contribution in [-0.4, -0.2) is 27.8 Å². The van der Waals surface area contributed by atoms with Crippen molar-refractivity contribution in [2.45, 2.75) is 12.1 Å². The van der Waals surface area contributed by atoms with Gasteiger partial charge in [-0.05, 0) is 6.07 Å². The summed E-state index contributed by atoms with van der Waals surface area (Å²) in [6.07, 6.45) is -1.40. The molecule has 0 saturated heterocycles. The Kier molecular flexibility index (Phi) is 4.02. The lowest BCUT2D eigenvalue weighted by Gasteiger charge is -2.15. The van der Waals surface area contributed by atoms with Crippen molar-refractivity contribution in [3.05, 3.63) is 45.0 Å². The van der Waals surface area contributed by atoms with Crippen LogP contribution >= 0.6 is 11.6 Å². The molecule has 0 spiro atoms. The van der Waals surface area contributed by atoms with Gasteiger partial charge in [0, 0.05) is 15.5 Å². The quantitative estimate of drug-likeness (QED) is 0.598. The molecule has 82 valence electrons. The Morgan fingerprint density at radius 2 is 2.07 bits per heavy atom. The summed E-state index contributed by atoms with van der Waals surface area (Å²) in [4.78, 5) is 9.77. The Bertz CT molecular complexity index is 358. The number of aliphatic hydroxyl groups is 2. The molecule has 0 fully saturated rings. The van der Waals surface area contributed by atoms with Gasteiger partial charge in [-0.15, -0.1) is 0 Å². The highest BCUT2D eigenvalue weighted by Gasteiger charge is 2.31. The van der Waals surface area contributed by atoms with Crippen molar-refractivity contribution in [1.82, 2.24) is 0 Å². The number of hydrogen-bond acceptors (Lipinski definition) is 4. The first-order valence-electron chi connectivity index (χ1n) is 4.24. The van der Waals surface area contributed by atoms with Crippen LogP contribution in [0.4, 0.5) is 0 Å². The number of nitrogens with zero attached hydrogens (tertiary/aromatic N) is 1. The molecule has 1 aromatic rings. The van der Waals surface area contributed by atoms with E-state index >= 15 is 0 Å². The van der Waals surface area contributed by atoms with Gasteiger partial charge >= 0.3 is 0 Å². The van der Waals surface area contributed by atoms with Gasteiger partial charge < -0.3 is 10.2 Å². The van der Waals surface area contributed by atoms with Gasteiger partial charge in [0.15, 0.2) is 0 Å². The molecular formula is C9H10ClNO4. The standard InChI is InChI=1S/C9H10ClNO4/c10-7-4-2-1-3-6(7)9(13)8(5-12)11(14)15/h1-4,8-9,12-13H,5H2/t8-,9-/m1/s1. The Morgan fingerprint density at radius 1 is 1.47 bits per heavy atom. The first-order chi connectivity index (χ1) is 7.07. The van der Waals surface area contributed by atoms with Crippen LogP contribution in [0.1, 0.15) is 11.7 Å². The lowest BCUT2D eigenvalue weighted by Crippen LogP contribution is -2.31. The van der Waals surface area contributed by atoms with Crippen molar-refractivity contribution < 1.29 is 15.1 Å². The first kappa shape index (κ1) is 11.9. The van der Waals surface area contributed by atoms with E-state index in [2.05, 4.69) is 0 Å². The third-order valence-corrected chi connectivity index (χ3v) is 2.39. The van der Waals surface area contributed by atoms with E-state index in [1.807, 2.05) is 0 Å². The molecule has 6 heteroatoms. The van der Waals surface area contributed by atoms with Crippen molar-refractivity contribution in [1.29, 1.82) is 0 Å². The Morgan fingerprint density at radius 3 is 2.53 bits per heavy atom. The largest absolute Gasteiger partial charge is 0.389 e. The number of benzene rings is 1. The van der Waals surface area contributed by atoms with Gasteiger partial charge in [-0.25, -0.2) is 0 Å². The third kappa shape index (κ3) is 2.65. The van der Waals surface area contributed by atoms with Crippen molar-refractivity contribution in [2.75, 3.05) is 6.61 Å². The normalized spacial score (nSPS) is 14.6. The fraction of sp³-hybridized carbons (Fsp3) is 0.333. The maximum Gasteiger partial charge on any atom is 0.265 e. The number of halogens is 1. The van der Waals surface area contributed by atoms with Crippen LogP contribution in [0.25, 0.3) is 0 Å². The minimum atomic E-state index is -1.45. The lowest BCUT2D eigenvalue weighted by molar-refractivity contribution is -0.539. The highest BCUT2D eigenvalue weighted by atomic mass is 35.5. The fourth-order valence-corrected chi connectivity index (χ4v) is 1.45. The predicted octanol–water partition coefficient (Wildman–Crippen LogP) is 1.01. The minimum Gasteiger partial charge on any atom is -0.389 e. The van der Waals surface area contributed by atoms with E-state index < -0.39 is 23.7 Å². The van der Waals surface area contributed by atoms with E-state index in [9.17, 15) is 15.2 Å². The smallest absolute Gasteiger partial charge is 0.265 e. The van der Waals surface area contributed by atoms with E-state index in [-0.39, 0.29) is 10.6 Å². The topological polar surface area (TPSA) is 83.6 Å². The van der Waals surface area contributed by atoms with E-state index in [4.69, 9.17) is 16.7 Å². The van der Waals surface area contributed by atoms with Crippen molar-refractivity contribution in [3.8, 4) is 0 Å². The number of aliphatic hydroxyl groups excluding tert-OH is 2. The fourth-order valence-electron chi connectivity index (χ4n) is 1.20. The zero-order valence-corrected chi connectivity index (χ0v) is 8.46. The van der Waals surface area contributed by atoms with Crippen LogP contribution in [0.2, 0.25) is 5.02 Å². The summed E-state index contributed by atoms with van der Waals surface area (Å²) in [7, 11) is 0. The van der Waals surface area contributed by atoms with Gasteiger partial charge in [0.2, 0.25) is 0 Å². The SMILES string of the molecule is O=[N+]([O-])[C@H](CO)[C@H](O)c1ccccc1Cl. The second kappa shape index (κ2) is 5.06. The van der Waals surface area contributed by atoms with E-state index in [0.29, 0.717) is 0 Å². The molecule has 0 aliphatic rings. The molecular weight excluding hydrogens is 222 g/mol. The van der Waals surface area contributed by atoms with E-state index in [1.54, 1.807) is 12.1 Å². The zero-order valence-electron chi connectivity index (χ0n) is 7.71. The molecule has 2 atom stereocenters. The molecule has 2 N–H and O–H groups in total. The van der Waals surface area contributed by atoms with Gasteiger partial charge in [-0.1, -0.05) is 29.8 Å². The Labute approximate surface area is 91.1 Å². The first-order valence-corrected chi connectivity index (χ1v) is 4.62. The monoisotopic (exact) mass is 231 g/mol. The summed E-state index contributed by atoms with van der Waals surface area (Å²) in [5.74, 6) is 0. The molecule has 0 aromatic heterocycles. The molecule has 0 saturated carbocycles. The summed E-state index contributed by atoms with van der Waals surface area (Å²) in [6, 6.07) is 4.82. The van der Waals surface area contributed by atoms with Crippen LogP contribution in [-0.2, 0) is 0 Å². The lowest BCUT2D eigenvalue weighted by atomic mass is 10.0. The number of hydrogen-bond donors (Lipinski definition) is 2. The highest BCUT2D eigenvalue weighted by molar-refractivity contribution is 6.31.